The van der Waals surface area contributed by atoms with Crippen molar-refractivity contribution < 1.29 is 13.5 Å². The summed E-state index contributed by atoms with van der Waals surface area (Å²) in [6, 6.07) is 5.02. The van der Waals surface area contributed by atoms with Crippen LogP contribution in [0.5, 0.6) is 0 Å². The van der Waals surface area contributed by atoms with Gasteiger partial charge in [-0.05, 0) is 31.0 Å². The lowest BCUT2D eigenvalue weighted by Gasteiger charge is -2.09. The van der Waals surface area contributed by atoms with Crippen LogP contribution < -0.4 is 4.72 Å². The SMILES string of the molecule is CCCCCCNS(=O)(=O)c1ccc(C)cc1C#CCO. The molecule has 5 heteroatoms. The maximum atomic E-state index is 12.3. The molecule has 0 aliphatic carbocycles. The molecule has 116 valence electrons. The smallest absolute Gasteiger partial charge is 0.241 e. The minimum Gasteiger partial charge on any atom is -0.384 e. The Morgan fingerprint density at radius 3 is 2.67 bits per heavy atom. The maximum Gasteiger partial charge on any atom is 0.241 e. The zero-order valence-corrected chi connectivity index (χ0v) is 13.5. The van der Waals surface area contributed by atoms with Crippen molar-refractivity contribution in [2.45, 2.75) is 44.4 Å². The number of aryl methyl sites for hydroxylation is 1. The lowest BCUT2D eigenvalue weighted by atomic mass is 10.1. The number of aliphatic hydroxyl groups excluding tert-OH is 1. The predicted octanol–water partition coefficient (Wildman–Crippen LogP) is 2.20. The number of hydrogen-bond donors (Lipinski definition) is 2. The van der Waals surface area contributed by atoms with Gasteiger partial charge in [0.15, 0.2) is 0 Å². The highest BCUT2D eigenvalue weighted by atomic mass is 32.2. The van der Waals surface area contributed by atoms with Gasteiger partial charge in [0.2, 0.25) is 10.0 Å². The minimum atomic E-state index is -3.56. The Labute approximate surface area is 127 Å². The second-order valence-corrected chi connectivity index (χ2v) is 6.65. The third kappa shape index (κ3) is 5.88. The van der Waals surface area contributed by atoms with Crippen molar-refractivity contribution in [1.82, 2.24) is 4.72 Å². The molecule has 0 atom stereocenters. The summed E-state index contributed by atoms with van der Waals surface area (Å²) in [6.07, 6.45) is 4.08. The van der Waals surface area contributed by atoms with E-state index < -0.39 is 10.0 Å². The summed E-state index contributed by atoms with van der Waals surface area (Å²) >= 11 is 0. The van der Waals surface area contributed by atoms with E-state index in [4.69, 9.17) is 5.11 Å². The van der Waals surface area contributed by atoms with Crippen LogP contribution in [0.25, 0.3) is 0 Å². The van der Waals surface area contributed by atoms with Crippen LogP contribution in [0.15, 0.2) is 23.1 Å². The van der Waals surface area contributed by atoms with Crippen LogP contribution in [0.1, 0.15) is 43.7 Å². The first kappa shape index (κ1) is 17.7. The largest absolute Gasteiger partial charge is 0.384 e. The monoisotopic (exact) mass is 309 g/mol. The summed E-state index contributed by atoms with van der Waals surface area (Å²) in [5.41, 5.74) is 1.35. The molecule has 0 aliphatic rings. The number of sulfonamides is 1. The zero-order chi connectivity index (χ0) is 15.7. The van der Waals surface area contributed by atoms with E-state index in [1.807, 2.05) is 6.92 Å². The molecule has 2 N–H and O–H groups in total. The van der Waals surface area contributed by atoms with Gasteiger partial charge in [0, 0.05) is 12.1 Å². The second kappa shape index (κ2) is 8.83. The van der Waals surface area contributed by atoms with E-state index in [0.29, 0.717) is 12.1 Å². The Balaban J connectivity index is 2.87. The molecule has 1 aromatic carbocycles. The topological polar surface area (TPSA) is 66.4 Å². The Bertz CT molecular complexity index is 612. The first-order chi connectivity index (χ1) is 10.0. The quantitative estimate of drug-likeness (QED) is 0.599. The van der Waals surface area contributed by atoms with Crippen LogP contribution in [0.3, 0.4) is 0 Å². The normalized spacial score (nSPS) is 11.0. The maximum absolute atomic E-state index is 12.3. The fourth-order valence-corrected chi connectivity index (χ4v) is 3.16. The molecular weight excluding hydrogens is 286 g/mol. The lowest BCUT2D eigenvalue weighted by molar-refractivity contribution is 0.350. The minimum absolute atomic E-state index is 0.171. The highest BCUT2D eigenvalue weighted by Crippen LogP contribution is 2.16. The summed E-state index contributed by atoms with van der Waals surface area (Å²) in [4.78, 5) is 0.171. The van der Waals surface area contributed by atoms with Gasteiger partial charge in [-0.25, -0.2) is 13.1 Å². The number of nitrogens with one attached hydrogen (secondary N) is 1. The van der Waals surface area contributed by atoms with Gasteiger partial charge in [0.25, 0.3) is 0 Å². The van der Waals surface area contributed by atoms with Gasteiger partial charge >= 0.3 is 0 Å². The first-order valence-electron chi connectivity index (χ1n) is 7.21. The highest BCUT2D eigenvalue weighted by molar-refractivity contribution is 7.89. The van der Waals surface area contributed by atoms with E-state index in [0.717, 1.165) is 31.2 Å². The van der Waals surface area contributed by atoms with Crippen molar-refractivity contribution in [2.24, 2.45) is 0 Å². The van der Waals surface area contributed by atoms with E-state index in [1.54, 1.807) is 18.2 Å². The molecule has 0 unspecified atom stereocenters. The molecule has 0 fully saturated rings. The molecule has 0 aromatic heterocycles. The molecule has 1 rings (SSSR count). The van der Waals surface area contributed by atoms with Crippen molar-refractivity contribution in [3.63, 3.8) is 0 Å². The number of unbranched alkanes of at least 4 members (excludes halogenated alkanes) is 3. The standard InChI is InChI=1S/C16H23NO3S/c1-3-4-5-6-11-17-21(19,20)16-10-9-14(2)13-15(16)8-7-12-18/h9-10,13,17-18H,3-6,11-12H2,1-2H3. The van der Waals surface area contributed by atoms with E-state index >= 15 is 0 Å². The van der Waals surface area contributed by atoms with Gasteiger partial charge in [0.1, 0.15) is 6.61 Å². The Morgan fingerprint density at radius 1 is 1.24 bits per heavy atom. The molecule has 0 aliphatic heterocycles. The molecule has 21 heavy (non-hydrogen) atoms. The zero-order valence-electron chi connectivity index (χ0n) is 12.6. The van der Waals surface area contributed by atoms with Gasteiger partial charge in [-0.3, -0.25) is 0 Å². The van der Waals surface area contributed by atoms with Crippen molar-refractivity contribution in [3.8, 4) is 11.8 Å². The van der Waals surface area contributed by atoms with E-state index in [-0.39, 0.29) is 11.5 Å². The first-order valence-corrected chi connectivity index (χ1v) is 8.69. The molecule has 0 spiro atoms. The molecule has 0 heterocycles. The van der Waals surface area contributed by atoms with Crippen LogP contribution >= 0.6 is 0 Å². The van der Waals surface area contributed by atoms with Crippen LogP contribution in [-0.4, -0.2) is 26.7 Å². The average molecular weight is 309 g/mol. The summed E-state index contributed by atoms with van der Waals surface area (Å²) < 4.78 is 27.2. The number of aliphatic hydroxyl groups is 1. The Hall–Kier alpha value is -1.35. The second-order valence-electron chi connectivity index (χ2n) is 4.92. The number of benzene rings is 1. The molecule has 4 nitrogen and oxygen atoms in total. The summed E-state index contributed by atoms with van der Waals surface area (Å²) in [6.45, 7) is 4.13. The lowest BCUT2D eigenvalue weighted by Crippen LogP contribution is -2.25. The molecule has 0 saturated carbocycles. The van der Waals surface area contributed by atoms with Gasteiger partial charge < -0.3 is 5.11 Å². The fraction of sp³-hybridized carbons (Fsp3) is 0.500. The van der Waals surface area contributed by atoms with Gasteiger partial charge in [-0.2, -0.15) is 0 Å². The third-order valence-corrected chi connectivity index (χ3v) is 4.57. The molecule has 0 radical (unpaired) electrons. The van der Waals surface area contributed by atoms with E-state index in [1.165, 1.54) is 0 Å². The van der Waals surface area contributed by atoms with E-state index in [9.17, 15) is 8.42 Å². The van der Waals surface area contributed by atoms with Crippen molar-refractivity contribution in [3.05, 3.63) is 29.3 Å². The average Bonchev–Trinajstić information content (AvgIpc) is 2.44. The van der Waals surface area contributed by atoms with Crippen LogP contribution in [0.4, 0.5) is 0 Å². The van der Waals surface area contributed by atoms with Crippen molar-refractivity contribution in [1.29, 1.82) is 0 Å². The number of hydrogen-bond acceptors (Lipinski definition) is 3. The van der Waals surface area contributed by atoms with Crippen molar-refractivity contribution >= 4 is 10.0 Å². The predicted molar refractivity (Wildman–Crippen MR) is 84.5 cm³/mol. The molecule has 0 saturated heterocycles. The molecule has 1 aromatic rings. The summed E-state index contributed by atoms with van der Waals surface area (Å²) in [5, 5.41) is 8.78. The van der Waals surface area contributed by atoms with Crippen LogP contribution in [0, 0.1) is 18.8 Å². The molecular formula is C16H23NO3S. The molecule has 0 amide bonds. The number of rotatable bonds is 7. The third-order valence-electron chi connectivity index (χ3n) is 3.05. The van der Waals surface area contributed by atoms with E-state index in [2.05, 4.69) is 23.5 Å². The highest BCUT2D eigenvalue weighted by Gasteiger charge is 2.17. The summed E-state index contributed by atoms with van der Waals surface area (Å²) in [7, 11) is -3.56. The Morgan fingerprint density at radius 2 is 2.00 bits per heavy atom. The van der Waals surface area contributed by atoms with Crippen LogP contribution in [-0.2, 0) is 10.0 Å². The van der Waals surface area contributed by atoms with Gasteiger partial charge in [-0.15, -0.1) is 0 Å². The fourth-order valence-electron chi connectivity index (χ4n) is 1.95. The van der Waals surface area contributed by atoms with Crippen LogP contribution in [0.2, 0.25) is 0 Å². The molecule has 0 bridgehead atoms. The van der Waals surface area contributed by atoms with Crippen molar-refractivity contribution in [2.75, 3.05) is 13.2 Å². The Kier molecular flexibility index (Phi) is 7.44. The summed E-state index contributed by atoms with van der Waals surface area (Å²) in [5.74, 6) is 5.20. The van der Waals surface area contributed by atoms with Gasteiger partial charge in [-0.1, -0.05) is 44.1 Å². The van der Waals surface area contributed by atoms with Gasteiger partial charge in [0.05, 0.1) is 4.90 Å².